The summed E-state index contributed by atoms with van der Waals surface area (Å²) in [6, 6.07) is 4.00. The number of thiophene rings is 1. The van der Waals surface area contributed by atoms with Crippen LogP contribution in [0.5, 0.6) is 0 Å². The van der Waals surface area contributed by atoms with Crippen molar-refractivity contribution >= 4 is 11.3 Å². The second kappa shape index (κ2) is 3.30. The standard InChI is InChI=1S/C10H12OS/c1-8-4-5-9(12-8)6-7-10(2,3)11/h4-5,11H,1-3H3. The van der Waals surface area contributed by atoms with E-state index in [1.807, 2.05) is 19.1 Å². The molecule has 0 spiro atoms. The molecule has 12 heavy (non-hydrogen) atoms. The van der Waals surface area contributed by atoms with E-state index in [2.05, 4.69) is 11.8 Å². The maximum Gasteiger partial charge on any atom is 0.120 e. The van der Waals surface area contributed by atoms with E-state index >= 15 is 0 Å². The molecule has 0 aliphatic heterocycles. The monoisotopic (exact) mass is 180 g/mol. The Labute approximate surface area is 77.1 Å². The lowest BCUT2D eigenvalue weighted by atomic mass is 10.1. The van der Waals surface area contributed by atoms with Crippen molar-refractivity contribution in [2.24, 2.45) is 0 Å². The predicted molar refractivity (Wildman–Crippen MR) is 52.2 cm³/mol. The molecule has 0 fully saturated rings. The predicted octanol–water partition coefficient (Wildman–Crippen LogP) is 2.18. The molecular formula is C10H12OS. The maximum absolute atomic E-state index is 9.32. The van der Waals surface area contributed by atoms with Crippen LogP contribution < -0.4 is 0 Å². The Morgan fingerprint density at radius 1 is 1.42 bits per heavy atom. The quantitative estimate of drug-likeness (QED) is 0.607. The van der Waals surface area contributed by atoms with Gasteiger partial charge in [0, 0.05) is 4.88 Å². The minimum atomic E-state index is -0.891. The molecular weight excluding hydrogens is 168 g/mol. The number of rotatable bonds is 0. The van der Waals surface area contributed by atoms with Crippen molar-refractivity contribution < 1.29 is 5.11 Å². The molecule has 0 unspecified atom stereocenters. The van der Waals surface area contributed by atoms with E-state index in [0.29, 0.717) is 0 Å². The Hall–Kier alpha value is -0.780. The van der Waals surface area contributed by atoms with Gasteiger partial charge in [-0.2, -0.15) is 0 Å². The molecule has 1 aromatic rings. The highest BCUT2D eigenvalue weighted by Crippen LogP contribution is 2.13. The summed E-state index contributed by atoms with van der Waals surface area (Å²) in [5.74, 6) is 5.69. The molecule has 1 rings (SSSR count). The van der Waals surface area contributed by atoms with Crippen LogP contribution in [0.3, 0.4) is 0 Å². The third-order valence-electron chi connectivity index (χ3n) is 1.23. The largest absolute Gasteiger partial charge is 0.378 e. The van der Waals surface area contributed by atoms with Gasteiger partial charge in [0.2, 0.25) is 0 Å². The fourth-order valence-corrected chi connectivity index (χ4v) is 1.44. The zero-order valence-corrected chi connectivity index (χ0v) is 8.33. The van der Waals surface area contributed by atoms with Crippen molar-refractivity contribution in [3.8, 4) is 11.8 Å². The highest BCUT2D eigenvalue weighted by molar-refractivity contribution is 7.12. The van der Waals surface area contributed by atoms with E-state index in [1.54, 1.807) is 25.2 Å². The molecule has 1 nitrogen and oxygen atoms in total. The molecule has 0 aromatic carbocycles. The number of aliphatic hydroxyl groups is 1. The molecule has 1 aromatic heterocycles. The molecule has 1 N–H and O–H groups in total. The third kappa shape index (κ3) is 3.08. The van der Waals surface area contributed by atoms with E-state index in [9.17, 15) is 5.11 Å². The average Bonchev–Trinajstić information content (AvgIpc) is 2.30. The summed E-state index contributed by atoms with van der Waals surface area (Å²) >= 11 is 1.64. The molecule has 1 heterocycles. The smallest absolute Gasteiger partial charge is 0.120 e. The van der Waals surface area contributed by atoms with Gasteiger partial charge in [-0.15, -0.1) is 11.3 Å². The number of aryl methyl sites for hydroxylation is 1. The van der Waals surface area contributed by atoms with Crippen molar-refractivity contribution in [1.29, 1.82) is 0 Å². The van der Waals surface area contributed by atoms with Crippen LogP contribution >= 0.6 is 11.3 Å². The average molecular weight is 180 g/mol. The highest BCUT2D eigenvalue weighted by Gasteiger charge is 2.05. The van der Waals surface area contributed by atoms with E-state index in [-0.39, 0.29) is 0 Å². The minimum absolute atomic E-state index is 0.891. The van der Waals surface area contributed by atoms with Gasteiger partial charge in [-0.1, -0.05) is 11.8 Å². The fraction of sp³-hybridized carbons (Fsp3) is 0.400. The highest BCUT2D eigenvalue weighted by atomic mass is 32.1. The Kier molecular flexibility index (Phi) is 2.56. The van der Waals surface area contributed by atoms with Crippen molar-refractivity contribution in [2.45, 2.75) is 26.4 Å². The molecule has 0 saturated carbocycles. The molecule has 0 amide bonds. The SMILES string of the molecule is Cc1ccc(C#CC(C)(C)O)s1. The van der Waals surface area contributed by atoms with E-state index < -0.39 is 5.60 Å². The number of hydrogen-bond acceptors (Lipinski definition) is 2. The second-order valence-corrected chi connectivity index (χ2v) is 4.51. The Morgan fingerprint density at radius 3 is 2.50 bits per heavy atom. The molecule has 2 heteroatoms. The van der Waals surface area contributed by atoms with Gasteiger partial charge in [-0.3, -0.25) is 0 Å². The third-order valence-corrected chi connectivity index (χ3v) is 2.15. The van der Waals surface area contributed by atoms with Crippen molar-refractivity contribution in [2.75, 3.05) is 0 Å². The van der Waals surface area contributed by atoms with Crippen molar-refractivity contribution in [3.63, 3.8) is 0 Å². The Balaban J connectivity index is 2.80. The first-order chi connectivity index (χ1) is 5.47. The van der Waals surface area contributed by atoms with Gasteiger partial charge < -0.3 is 5.11 Å². The summed E-state index contributed by atoms with van der Waals surface area (Å²) in [5, 5.41) is 9.32. The van der Waals surface area contributed by atoms with Gasteiger partial charge in [0.25, 0.3) is 0 Å². The first-order valence-corrected chi connectivity index (χ1v) is 4.61. The van der Waals surface area contributed by atoms with Crippen LogP contribution in [0.4, 0.5) is 0 Å². The molecule has 0 aliphatic carbocycles. The van der Waals surface area contributed by atoms with Crippen LogP contribution in [-0.2, 0) is 0 Å². The summed E-state index contributed by atoms with van der Waals surface area (Å²) in [6.07, 6.45) is 0. The van der Waals surface area contributed by atoms with Crippen LogP contribution in [0.1, 0.15) is 23.6 Å². The Bertz CT molecular complexity index is 320. The van der Waals surface area contributed by atoms with E-state index in [0.717, 1.165) is 4.88 Å². The topological polar surface area (TPSA) is 20.2 Å². The lowest BCUT2D eigenvalue weighted by Gasteiger charge is -2.05. The second-order valence-electron chi connectivity index (χ2n) is 3.22. The zero-order chi connectivity index (χ0) is 9.19. The van der Waals surface area contributed by atoms with Gasteiger partial charge in [0.15, 0.2) is 0 Å². The van der Waals surface area contributed by atoms with E-state index in [4.69, 9.17) is 0 Å². The van der Waals surface area contributed by atoms with Crippen LogP contribution in [0.15, 0.2) is 12.1 Å². The molecule has 0 saturated heterocycles. The lowest BCUT2D eigenvalue weighted by Crippen LogP contribution is -2.14. The van der Waals surface area contributed by atoms with Crippen LogP contribution in [0.25, 0.3) is 0 Å². The summed E-state index contributed by atoms with van der Waals surface area (Å²) in [4.78, 5) is 2.25. The molecule has 64 valence electrons. The zero-order valence-electron chi connectivity index (χ0n) is 7.51. The van der Waals surface area contributed by atoms with Gasteiger partial charge >= 0.3 is 0 Å². The normalized spacial score (nSPS) is 10.7. The fourth-order valence-electron chi connectivity index (χ4n) is 0.716. The van der Waals surface area contributed by atoms with Crippen molar-refractivity contribution in [1.82, 2.24) is 0 Å². The van der Waals surface area contributed by atoms with Crippen LogP contribution in [0.2, 0.25) is 0 Å². The maximum atomic E-state index is 9.32. The summed E-state index contributed by atoms with van der Waals surface area (Å²) in [6.45, 7) is 5.40. The molecule has 0 bridgehead atoms. The Morgan fingerprint density at radius 2 is 2.08 bits per heavy atom. The minimum Gasteiger partial charge on any atom is -0.378 e. The van der Waals surface area contributed by atoms with Crippen LogP contribution in [0, 0.1) is 18.8 Å². The van der Waals surface area contributed by atoms with Gasteiger partial charge in [0.05, 0.1) is 4.88 Å². The molecule has 0 atom stereocenters. The van der Waals surface area contributed by atoms with Crippen LogP contribution in [-0.4, -0.2) is 10.7 Å². The van der Waals surface area contributed by atoms with Gasteiger partial charge in [0.1, 0.15) is 5.60 Å². The lowest BCUT2D eigenvalue weighted by molar-refractivity contribution is 0.143. The first-order valence-electron chi connectivity index (χ1n) is 3.79. The molecule has 0 radical (unpaired) electrons. The summed E-state index contributed by atoms with van der Waals surface area (Å²) in [5.41, 5.74) is -0.891. The van der Waals surface area contributed by atoms with Gasteiger partial charge in [-0.05, 0) is 32.9 Å². The van der Waals surface area contributed by atoms with Crippen molar-refractivity contribution in [3.05, 3.63) is 21.9 Å². The first kappa shape index (κ1) is 9.31. The van der Waals surface area contributed by atoms with E-state index in [1.165, 1.54) is 4.88 Å². The molecule has 0 aliphatic rings. The summed E-state index contributed by atoms with van der Waals surface area (Å²) in [7, 11) is 0. The van der Waals surface area contributed by atoms with Gasteiger partial charge in [-0.25, -0.2) is 0 Å². The number of hydrogen-bond donors (Lipinski definition) is 1. The summed E-state index contributed by atoms with van der Waals surface area (Å²) < 4.78 is 0.